The third kappa shape index (κ3) is 6.15. The lowest BCUT2D eigenvalue weighted by atomic mass is 9.98. The van der Waals surface area contributed by atoms with Gasteiger partial charge in [-0.1, -0.05) is 42.5 Å². The van der Waals surface area contributed by atoms with Crippen molar-refractivity contribution in [3.8, 4) is 11.1 Å². The first-order valence-electron chi connectivity index (χ1n) is 9.93. The fraction of sp³-hybridized carbons (Fsp3) is 0.167. The van der Waals surface area contributed by atoms with Gasteiger partial charge in [-0.3, -0.25) is 9.78 Å². The molecule has 0 unspecified atom stereocenters. The molecule has 0 saturated carbocycles. The third-order valence-corrected chi connectivity index (χ3v) is 5.73. The monoisotopic (exact) mass is 465 g/mol. The molecule has 8 heteroatoms. The maximum atomic E-state index is 13.0. The van der Waals surface area contributed by atoms with E-state index in [0.717, 1.165) is 11.1 Å². The molecular formula is C24H23N3O3S2. The number of carbonyl (C=O) groups is 2. The molecule has 0 bridgehead atoms. The lowest BCUT2D eigenvalue weighted by Crippen LogP contribution is -2.41. The molecule has 0 aliphatic rings. The fourth-order valence-corrected chi connectivity index (χ4v) is 3.82. The minimum Gasteiger partial charge on any atom is -0.480 e. The highest BCUT2D eigenvalue weighted by atomic mass is 32.2. The molecule has 1 amide bonds. The molecule has 3 N–H and O–H groups in total. The average molecular weight is 466 g/mol. The zero-order chi connectivity index (χ0) is 22.9. The summed E-state index contributed by atoms with van der Waals surface area (Å²) in [5.74, 6) is -0.843. The zero-order valence-electron chi connectivity index (χ0n) is 17.4. The summed E-state index contributed by atoms with van der Waals surface area (Å²) < 4.78 is 0. The number of hydrogen-bond acceptors (Lipinski definition) is 5. The normalized spacial score (nSPS) is 11.4. The predicted octanol–water partition coefficient (Wildman–Crippen LogP) is 4.47. The third-order valence-electron chi connectivity index (χ3n) is 4.74. The predicted molar refractivity (Wildman–Crippen MR) is 133 cm³/mol. The van der Waals surface area contributed by atoms with E-state index in [1.54, 1.807) is 24.5 Å². The summed E-state index contributed by atoms with van der Waals surface area (Å²) in [6.45, 7) is 0. The van der Waals surface area contributed by atoms with Gasteiger partial charge in [0.2, 0.25) is 0 Å². The van der Waals surface area contributed by atoms with Gasteiger partial charge in [0.15, 0.2) is 0 Å². The number of pyridine rings is 1. The first-order chi connectivity index (χ1) is 15.5. The Kier molecular flexibility index (Phi) is 8.35. The number of benzene rings is 2. The van der Waals surface area contributed by atoms with Gasteiger partial charge >= 0.3 is 5.97 Å². The lowest BCUT2D eigenvalue weighted by Gasteiger charge is -2.17. The summed E-state index contributed by atoms with van der Waals surface area (Å²) >= 11 is 7.01. The number of nitrogens with one attached hydrogen (secondary N) is 2. The standard InChI is InChI=1S/C24H23N3O3S2/c1-32-13-11-21(24(29)30)27-22(28)19-10-9-18(14-20(19)16-6-3-2-4-7-16)26-23(31)17-8-5-12-25-15-17/h2-10,12,14-15,21H,11,13H2,1H3,(H,26,31)(H,27,28)(H,29,30)/t21-/m0/s1. The van der Waals surface area contributed by atoms with E-state index in [9.17, 15) is 14.7 Å². The second-order valence-electron chi connectivity index (χ2n) is 6.97. The average Bonchev–Trinajstić information content (AvgIpc) is 2.82. The van der Waals surface area contributed by atoms with Gasteiger partial charge in [-0.15, -0.1) is 0 Å². The molecule has 1 aromatic heterocycles. The molecule has 0 aliphatic carbocycles. The molecule has 0 aliphatic heterocycles. The van der Waals surface area contributed by atoms with Crippen LogP contribution in [0.1, 0.15) is 22.3 Å². The van der Waals surface area contributed by atoms with Crippen LogP contribution in [0.2, 0.25) is 0 Å². The molecular weight excluding hydrogens is 442 g/mol. The van der Waals surface area contributed by atoms with E-state index in [2.05, 4.69) is 15.6 Å². The molecule has 0 radical (unpaired) electrons. The summed E-state index contributed by atoms with van der Waals surface area (Å²) in [4.78, 5) is 29.2. The van der Waals surface area contributed by atoms with Crippen LogP contribution in [0.3, 0.4) is 0 Å². The number of nitrogens with zero attached hydrogens (tertiary/aromatic N) is 1. The second kappa shape index (κ2) is 11.4. The summed E-state index contributed by atoms with van der Waals surface area (Å²) in [6, 6.07) is 17.5. The van der Waals surface area contributed by atoms with Gasteiger partial charge < -0.3 is 15.7 Å². The minimum absolute atomic E-state index is 0.349. The van der Waals surface area contributed by atoms with Crippen LogP contribution in [-0.4, -0.2) is 45.0 Å². The van der Waals surface area contributed by atoms with E-state index < -0.39 is 17.9 Å². The van der Waals surface area contributed by atoms with E-state index in [1.165, 1.54) is 11.8 Å². The highest BCUT2D eigenvalue weighted by Crippen LogP contribution is 2.28. The molecule has 0 spiro atoms. The number of thioether (sulfide) groups is 1. The van der Waals surface area contributed by atoms with Gasteiger partial charge in [-0.2, -0.15) is 11.8 Å². The molecule has 1 heterocycles. The SMILES string of the molecule is CSCC[C@H](NC(=O)c1ccc(NC(=S)c2cccnc2)cc1-c1ccccc1)C(=O)O. The Labute approximate surface area is 196 Å². The Morgan fingerprint density at radius 2 is 1.91 bits per heavy atom. The molecule has 0 fully saturated rings. The topological polar surface area (TPSA) is 91.3 Å². The van der Waals surface area contributed by atoms with Crippen molar-refractivity contribution in [3.05, 3.63) is 84.2 Å². The number of amides is 1. The van der Waals surface area contributed by atoms with Crippen molar-refractivity contribution in [1.82, 2.24) is 10.3 Å². The van der Waals surface area contributed by atoms with Gasteiger partial charge in [-0.25, -0.2) is 4.79 Å². The number of rotatable bonds is 9. The van der Waals surface area contributed by atoms with Crippen LogP contribution < -0.4 is 10.6 Å². The summed E-state index contributed by atoms with van der Waals surface area (Å²) in [5, 5.41) is 15.3. The van der Waals surface area contributed by atoms with Crippen molar-refractivity contribution < 1.29 is 14.7 Å². The van der Waals surface area contributed by atoms with E-state index in [1.807, 2.05) is 54.8 Å². The lowest BCUT2D eigenvalue weighted by molar-refractivity contribution is -0.139. The largest absolute Gasteiger partial charge is 0.480 e. The fourth-order valence-electron chi connectivity index (χ4n) is 3.11. The van der Waals surface area contributed by atoms with Crippen molar-refractivity contribution in [2.45, 2.75) is 12.5 Å². The number of anilines is 1. The first-order valence-corrected chi connectivity index (χ1v) is 11.7. The molecule has 3 rings (SSSR count). The van der Waals surface area contributed by atoms with E-state index in [4.69, 9.17) is 12.2 Å². The van der Waals surface area contributed by atoms with E-state index in [0.29, 0.717) is 34.0 Å². The van der Waals surface area contributed by atoms with Crippen molar-refractivity contribution in [3.63, 3.8) is 0 Å². The second-order valence-corrected chi connectivity index (χ2v) is 8.36. The van der Waals surface area contributed by atoms with Gasteiger partial charge in [0, 0.05) is 29.2 Å². The van der Waals surface area contributed by atoms with Crippen LogP contribution in [0.5, 0.6) is 0 Å². The van der Waals surface area contributed by atoms with Crippen molar-refractivity contribution in [1.29, 1.82) is 0 Å². The zero-order valence-corrected chi connectivity index (χ0v) is 19.1. The Balaban J connectivity index is 1.91. The van der Waals surface area contributed by atoms with Crippen molar-refractivity contribution in [2.75, 3.05) is 17.3 Å². The minimum atomic E-state index is -1.05. The first kappa shape index (κ1) is 23.4. The van der Waals surface area contributed by atoms with Crippen LogP contribution in [0.4, 0.5) is 5.69 Å². The molecule has 6 nitrogen and oxygen atoms in total. The van der Waals surface area contributed by atoms with Gasteiger partial charge in [0.05, 0.1) is 0 Å². The molecule has 3 aromatic rings. The number of aromatic nitrogens is 1. The summed E-state index contributed by atoms with van der Waals surface area (Å²) in [7, 11) is 0. The Morgan fingerprint density at radius 3 is 2.56 bits per heavy atom. The van der Waals surface area contributed by atoms with Crippen molar-refractivity contribution in [2.24, 2.45) is 0 Å². The molecule has 32 heavy (non-hydrogen) atoms. The van der Waals surface area contributed by atoms with Crippen LogP contribution in [0.25, 0.3) is 11.1 Å². The van der Waals surface area contributed by atoms with Gasteiger partial charge in [-0.05, 0) is 59.9 Å². The highest BCUT2D eigenvalue weighted by molar-refractivity contribution is 7.98. The number of carbonyl (C=O) groups excluding carboxylic acids is 1. The Hall–Kier alpha value is -3.23. The van der Waals surface area contributed by atoms with Crippen LogP contribution in [0, 0.1) is 0 Å². The van der Waals surface area contributed by atoms with Crippen LogP contribution in [0.15, 0.2) is 73.1 Å². The quantitative estimate of drug-likeness (QED) is 0.402. The van der Waals surface area contributed by atoms with Crippen LogP contribution >= 0.6 is 24.0 Å². The molecule has 1 atom stereocenters. The number of aliphatic carboxylic acids is 1. The van der Waals surface area contributed by atoms with Crippen molar-refractivity contribution >= 4 is 46.5 Å². The number of carboxylic acids is 1. The van der Waals surface area contributed by atoms with E-state index >= 15 is 0 Å². The van der Waals surface area contributed by atoms with Crippen LogP contribution in [-0.2, 0) is 4.79 Å². The molecule has 2 aromatic carbocycles. The number of carboxylic acid groups (broad SMARTS) is 1. The summed E-state index contributed by atoms with van der Waals surface area (Å²) in [5.41, 5.74) is 3.40. The number of thiocarbonyl (C=S) groups is 1. The van der Waals surface area contributed by atoms with E-state index in [-0.39, 0.29) is 0 Å². The molecule has 0 saturated heterocycles. The maximum absolute atomic E-state index is 13.0. The summed E-state index contributed by atoms with van der Waals surface area (Å²) in [6.07, 6.45) is 5.60. The number of hydrogen-bond donors (Lipinski definition) is 3. The van der Waals surface area contributed by atoms with Gasteiger partial charge in [0.25, 0.3) is 5.91 Å². The Bertz CT molecular complexity index is 1090. The molecule has 164 valence electrons. The highest BCUT2D eigenvalue weighted by Gasteiger charge is 2.22. The maximum Gasteiger partial charge on any atom is 0.326 e. The Morgan fingerprint density at radius 1 is 1.12 bits per heavy atom. The van der Waals surface area contributed by atoms with Gasteiger partial charge in [0.1, 0.15) is 11.0 Å². The smallest absolute Gasteiger partial charge is 0.326 e.